The van der Waals surface area contributed by atoms with Gasteiger partial charge in [-0.3, -0.25) is 0 Å². The minimum absolute atomic E-state index is 0.0283. The van der Waals surface area contributed by atoms with Crippen LogP contribution in [0.3, 0.4) is 0 Å². The van der Waals surface area contributed by atoms with Crippen molar-refractivity contribution in [2.45, 2.75) is 38.5 Å². The quantitative estimate of drug-likeness (QED) is 0.131. The second-order valence-corrected chi connectivity index (χ2v) is 41.1. The van der Waals surface area contributed by atoms with E-state index in [0.717, 1.165) is 5.69 Å². The van der Waals surface area contributed by atoms with E-state index in [9.17, 15) is 0 Å². The lowest BCUT2D eigenvalue weighted by molar-refractivity contribution is 0.661. The Morgan fingerprint density at radius 1 is 0.152 bits per heavy atom. The number of fused-ring (bicyclic) bond motifs is 29. The summed E-state index contributed by atoms with van der Waals surface area (Å²) in [5.41, 5.74) is 42.7. The van der Waals surface area contributed by atoms with Gasteiger partial charge in [0.15, 0.2) is 0 Å². The average molecular weight is 1870 g/mol. The van der Waals surface area contributed by atoms with E-state index in [1.165, 1.54) is 268 Å². The van der Waals surface area contributed by atoms with Crippen molar-refractivity contribution in [2.75, 3.05) is 0 Å². The fourth-order valence-corrected chi connectivity index (χ4v) is 26.3. The molecule has 29 aromatic rings. The van der Waals surface area contributed by atoms with E-state index in [2.05, 4.69) is 553 Å². The standard InChI is InChI=1S/C48H30N2S.2C45H32N2/c1-3-12-32(13-4-1)36-18-11-19-38-39-27-29-45-46(48(39)51-47(36)38)40-17-8-10-21-43(40)50(45)35-25-22-31(23-26-35)33-24-28-44-41(30-33)37-16-7-9-20-42(37)49(44)34-14-5-2-6-15-34;1-45(2)38-17-9-6-14-33(38)35-25-27-42-43(44(35)45)36-16-8-11-19-40(36)47(42)32-23-20-29(21-24-32)30-22-26-41-37(28-30)34-15-7-10-18-39(34)46(41)31-12-4-3-5-13-31;1-45(2)39-17-9-6-14-33(39)36-28-44-38(27-40(36)45)35-16-8-11-19-42(35)47(44)32-23-20-29(21-24-32)30-22-25-43-37(26-30)34-15-7-10-18-41(34)46(43)31-12-4-3-5-13-31/h1-30H;2*3-28H,1-2H3. The molecule has 31 rings (SSSR count). The maximum atomic E-state index is 2.46. The Labute approximate surface area is 842 Å². The molecular weight excluding hydrogens is 1770 g/mol. The van der Waals surface area contributed by atoms with Crippen LogP contribution in [0.1, 0.15) is 49.9 Å². The molecule has 6 nitrogen and oxygen atoms in total. The van der Waals surface area contributed by atoms with Gasteiger partial charge in [-0.25, -0.2) is 0 Å². The molecule has 0 unspecified atom stereocenters. The lowest BCUT2D eigenvalue weighted by Gasteiger charge is -2.22. The molecule has 0 fully saturated rings. The first kappa shape index (κ1) is 83.8. The van der Waals surface area contributed by atoms with Crippen molar-refractivity contribution in [3.8, 4) is 101 Å². The summed E-state index contributed by atoms with van der Waals surface area (Å²) in [6.45, 7) is 9.48. The summed E-state index contributed by atoms with van der Waals surface area (Å²) >= 11 is 1.92. The minimum Gasteiger partial charge on any atom is -0.309 e. The number of hydrogen-bond donors (Lipinski definition) is 0. The van der Waals surface area contributed by atoms with Gasteiger partial charge in [0.05, 0.1) is 66.2 Å². The zero-order valence-electron chi connectivity index (χ0n) is 80.4. The van der Waals surface area contributed by atoms with E-state index in [1.54, 1.807) is 0 Å². The van der Waals surface area contributed by atoms with Crippen molar-refractivity contribution < 1.29 is 0 Å². The summed E-state index contributed by atoms with van der Waals surface area (Å²) < 4.78 is 17.1. The van der Waals surface area contributed by atoms with Crippen molar-refractivity contribution in [2.24, 2.45) is 0 Å². The van der Waals surface area contributed by atoms with Crippen LogP contribution in [0.5, 0.6) is 0 Å². The number of rotatable bonds is 10. The number of hydrogen-bond acceptors (Lipinski definition) is 1. The number of benzene rings is 22. The molecule has 7 heterocycles. The normalized spacial score (nSPS) is 12.9. The van der Waals surface area contributed by atoms with Crippen LogP contribution in [0.25, 0.3) is 252 Å². The van der Waals surface area contributed by atoms with Gasteiger partial charge in [-0.2, -0.15) is 0 Å². The molecule has 7 aromatic heterocycles. The molecule has 0 aliphatic heterocycles. The van der Waals surface area contributed by atoms with Crippen molar-refractivity contribution in [3.63, 3.8) is 0 Å². The highest BCUT2D eigenvalue weighted by atomic mass is 32.1. The van der Waals surface area contributed by atoms with Crippen LogP contribution in [0.15, 0.2) is 497 Å². The SMILES string of the molecule is CC1(C)c2ccccc2-c2cc3c(cc21)c1ccccc1n3-c1ccc(-c2ccc3c(c2)c2ccccc2n3-c2ccccc2)cc1.CC1(C)c2ccccc2-c2ccc3c(c21)c1ccccc1n3-c1ccc(-c2ccc3c(c2)c2ccccc2n3-c2ccccc2)cc1.c1ccc(-c2cccc3c2sc2c3ccc3c2c2ccccc2n3-c2ccc(-c3ccc4c(c3)c3ccccc3n4-c3ccccc3)cc2)cc1. The molecule has 0 bridgehead atoms. The van der Waals surface area contributed by atoms with Gasteiger partial charge in [0.1, 0.15) is 0 Å². The molecule has 7 heteroatoms. The first-order valence-corrected chi connectivity index (χ1v) is 51.2. The van der Waals surface area contributed by atoms with Crippen LogP contribution in [0.4, 0.5) is 0 Å². The molecule has 0 saturated heterocycles. The molecule has 0 radical (unpaired) electrons. The number of para-hydroxylation sites is 9. The summed E-state index contributed by atoms with van der Waals surface area (Å²) in [4.78, 5) is 0. The van der Waals surface area contributed by atoms with Gasteiger partial charge in [-0.05, 0) is 259 Å². The van der Waals surface area contributed by atoms with Gasteiger partial charge in [0.2, 0.25) is 0 Å². The maximum absolute atomic E-state index is 2.46. The Kier molecular flexibility index (Phi) is 18.9. The molecule has 2 aliphatic carbocycles. The first-order valence-electron chi connectivity index (χ1n) is 50.3. The number of aromatic nitrogens is 6. The van der Waals surface area contributed by atoms with E-state index in [0.29, 0.717) is 0 Å². The summed E-state index contributed by atoms with van der Waals surface area (Å²) in [5, 5.41) is 18.1. The number of nitrogens with zero attached hydrogens (tertiary/aromatic N) is 6. The molecule has 0 N–H and O–H groups in total. The van der Waals surface area contributed by atoms with Gasteiger partial charge in [-0.15, -0.1) is 11.3 Å². The zero-order valence-corrected chi connectivity index (χ0v) is 81.3. The minimum atomic E-state index is -0.0769. The number of thiophene rings is 1. The van der Waals surface area contributed by atoms with E-state index in [1.807, 2.05) is 11.3 Å². The highest BCUT2D eigenvalue weighted by molar-refractivity contribution is 7.27. The van der Waals surface area contributed by atoms with Crippen LogP contribution in [-0.2, 0) is 10.8 Å². The third-order valence-electron chi connectivity index (χ3n) is 31.6. The highest BCUT2D eigenvalue weighted by Crippen LogP contribution is 2.56. The van der Waals surface area contributed by atoms with E-state index < -0.39 is 0 Å². The average Bonchev–Trinajstić information content (AvgIpc) is 1.54. The maximum Gasteiger partial charge on any atom is 0.0555 e. The van der Waals surface area contributed by atoms with Crippen molar-refractivity contribution in [1.29, 1.82) is 0 Å². The van der Waals surface area contributed by atoms with E-state index >= 15 is 0 Å². The Morgan fingerprint density at radius 2 is 0.448 bits per heavy atom. The molecule has 0 atom stereocenters. The largest absolute Gasteiger partial charge is 0.309 e. The fourth-order valence-electron chi connectivity index (χ4n) is 24.9. The predicted molar refractivity (Wildman–Crippen MR) is 615 cm³/mol. The fraction of sp³-hybridized carbons (Fsp3) is 0.0435. The van der Waals surface area contributed by atoms with Crippen molar-refractivity contribution in [1.82, 2.24) is 27.4 Å². The predicted octanol–water partition coefficient (Wildman–Crippen LogP) is 37.3. The molecule has 0 saturated carbocycles. The molecule has 145 heavy (non-hydrogen) atoms. The third kappa shape index (κ3) is 12.9. The van der Waals surface area contributed by atoms with Crippen LogP contribution >= 0.6 is 11.3 Å². The lowest BCUT2D eigenvalue weighted by atomic mass is 9.80. The first-order chi connectivity index (χ1) is 71.5. The molecule has 0 spiro atoms. The van der Waals surface area contributed by atoms with Crippen molar-refractivity contribution >= 4 is 162 Å². The van der Waals surface area contributed by atoms with Crippen LogP contribution < -0.4 is 0 Å². The van der Waals surface area contributed by atoms with E-state index in [4.69, 9.17) is 0 Å². The van der Waals surface area contributed by atoms with Crippen molar-refractivity contribution in [3.05, 3.63) is 520 Å². The van der Waals surface area contributed by atoms with Gasteiger partial charge in [0, 0.05) is 130 Å². The summed E-state index contributed by atoms with van der Waals surface area (Å²) in [6.07, 6.45) is 0. The summed E-state index contributed by atoms with van der Waals surface area (Å²) in [7, 11) is 0. The second-order valence-electron chi connectivity index (χ2n) is 40.1. The monoisotopic (exact) mass is 1870 g/mol. The second kappa shape index (κ2) is 32.7. The summed E-state index contributed by atoms with van der Waals surface area (Å²) in [6, 6.07) is 182. The molecule has 22 aromatic carbocycles. The van der Waals surface area contributed by atoms with Gasteiger partial charge < -0.3 is 27.4 Å². The zero-order chi connectivity index (χ0) is 96.0. The van der Waals surface area contributed by atoms with E-state index in [-0.39, 0.29) is 10.8 Å². The Bertz CT molecular complexity index is 10400. The summed E-state index contributed by atoms with van der Waals surface area (Å²) in [5.74, 6) is 0. The van der Waals surface area contributed by atoms with Crippen LogP contribution in [-0.4, -0.2) is 27.4 Å². The van der Waals surface area contributed by atoms with Gasteiger partial charge >= 0.3 is 0 Å². The Morgan fingerprint density at radius 3 is 0.897 bits per heavy atom. The highest BCUT2D eigenvalue weighted by Gasteiger charge is 2.40. The Hall–Kier alpha value is -18.1. The van der Waals surface area contributed by atoms with Crippen LogP contribution in [0, 0.1) is 0 Å². The lowest BCUT2D eigenvalue weighted by Crippen LogP contribution is -2.15. The Balaban J connectivity index is 0.000000103. The molecule has 2 aliphatic rings. The topological polar surface area (TPSA) is 29.6 Å². The third-order valence-corrected chi connectivity index (χ3v) is 32.8. The molecule has 682 valence electrons. The van der Waals surface area contributed by atoms with Gasteiger partial charge in [0.25, 0.3) is 0 Å². The smallest absolute Gasteiger partial charge is 0.0555 e. The van der Waals surface area contributed by atoms with Crippen LogP contribution in [0.2, 0.25) is 0 Å². The van der Waals surface area contributed by atoms with Gasteiger partial charge in [-0.1, -0.05) is 355 Å². The molecule has 0 amide bonds. The molecular formula is C138H94N6S.